The minimum Gasteiger partial charge on any atom is -0.454 e. The fraction of sp³-hybridized carbons (Fsp3) is 0.320. The lowest BCUT2D eigenvalue weighted by atomic mass is 10.1. The molecule has 9 heteroatoms. The van der Waals surface area contributed by atoms with Crippen LogP contribution < -0.4 is 19.7 Å². The van der Waals surface area contributed by atoms with Crippen molar-refractivity contribution < 1.29 is 27.8 Å². The molecule has 0 saturated carbocycles. The molecule has 34 heavy (non-hydrogen) atoms. The van der Waals surface area contributed by atoms with Gasteiger partial charge in [-0.1, -0.05) is 6.07 Å². The van der Waals surface area contributed by atoms with Crippen LogP contribution in [0.5, 0.6) is 11.5 Å². The van der Waals surface area contributed by atoms with Crippen molar-refractivity contribution in [3.8, 4) is 11.5 Å². The van der Waals surface area contributed by atoms with Crippen LogP contribution in [0.15, 0.2) is 36.4 Å². The predicted molar refractivity (Wildman–Crippen MR) is 123 cm³/mol. The van der Waals surface area contributed by atoms with E-state index in [1.165, 1.54) is 18.2 Å². The molecule has 1 saturated heterocycles. The van der Waals surface area contributed by atoms with Crippen LogP contribution in [-0.4, -0.2) is 43.6 Å². The van der Waals surface area contributed by atoms with Gasteiger partial charge in [0, 0.05) is 41.7 Å². The molecular weight excluding hydrogens is 444 g/mol. The van der Waals surface area contributed by atoms with Gasteiger partial charge in [-0.2, -0.15) is 0 Å². The smallest absolute Gasteiger partial charge is 0.272 e. The number of morpholine rings is 1. The second-order valence-corrected chi connectivity index (χ2v) is 8.32. The Morgan fingerprint density at radius 3 is 2.47 bits per heavy atom. The van der Waals surface area contributed by atoms with Gasteiger partial charge in [0.2, 0.25) is 6.79 Å². The number of carbonyl (C=O) groups is 1. The topological polar surface area (TPSA) is 65.0 Å². The van der Waals surface area contributed by atoms with E-state index in [9.17, 15) is 13.6 Å². The molecule has 7 nitrogen and oxygen atoms in total. The second-order valence-electron chi connectivity index (χ2n) is 8.32. The van der Waals surface area contributed by atoms with E-state index in [2.05, 4.69) is 10.2 Å². The van der Waals surface area contributed by atoms with Crippen LogP contribution in [0.4, 0.5) is 20.2 Å². The first kappa shape index (κ1) is 22.2. The highest BCUT2D eigenvalue weighted by Crippen LogP contribution is 2.36. The highest BCUT2D eigenvalue weighted by Gasteiger charge is 2.28. The average Bonchev–Trinajstić information content (AvgIpc) is 3.38. The number of anilines is 2. The molecule has 0 radical (unpaired) electrons. The van der Waals surface area contributed by atoms with Gasteiger partial charge in [-0.15, -0.1) is 0 Å². The Labute approximate surface area is 195 Å². The molecule has 178 valence electrons. The first-order valence-corrected chi connectivity index (χ1v) is 11.1. The summed E-state index contributed by atoms with van der Waals surface area (Å²) in [6, 6.07) is 8.91. The highest BCUT2D eigenvalue weighted by molar-refractivity contribution is 6.05. The van der Waals surface area contributed by atoms with E-state index < -0.39 is 11.6 Å². The molecule has 1 amide bonds. The summed E-state index contributed by atoms with van der Waals surface area (Å²) in [5, 5.41) is 2.90. The molecule has 5 rings (SSSR count). The Kier molecular flexibility index (Phi) is 5.87. The zero-order valence-corrected chi connectivity index (χ0v) is 19.0. The Morgan fingerprint density at radius 1 is 1.03 bits per heavy atom. The van der Waals surface area contributed by atoms with Crippen LogP contribution in [0.1, 0.15) is 27.3 Å². The molecule has 1 aromatic heterocycles. The number of benzene rings is 2. The largest absolute Gasteiger partial charge is 0.454 e. The van der Waals surface area contributed by atoms with Crippen molar-refractivity contribution in [1.82, 2.24) is 4.57 Å². The Bertz CT molecular complexity index is 1230. The van der Waals surface area contributed by atoms with E-state index in [-0.39, 0.29) is 24.8 Å². The van der Waals surface area contributed by atoms with Gasteiger partial charge in [0.25, 0.3) is 5.91 Å². The van der Waals surface area contributed by atoms with Crippen molar-refractivity contribution in [2.75, 3.05) is 43.3 Å². The zero-order chi connectivity index (χ0) is 23.8. The number of aromatic nitrogens is 1. The van der Waals surface area contributed by atoms with Crippen molar-refractivity contribution in [3.05, 3.63) is 70.5 Å². The standard InChI is InChI=1S/C25H25F2N3O4/c1-15-23(29-8-10-32-11-9-29)16(2)30(13-18-19(26)4-3-5-20(18)27)24(15)25(31)28-17-6-7-21-22(12-17)34-14-33-21/h3-7,12H,8-11,13-14H2,1-2H3,(H,28,31). The van der Waals surface area contributed by atoms with Gasteiger partial charge < -0.3 is 29.0 Å². The van der Waals surface area contributed by atoms with E-state index in [0.29, 0.717) is 49.2 Å². The minimum absolute atomic E-state index is 0.0914. The van der Waals surface area contributed by atoms with Gasteiger partial charge in [0.05, 0.1) is 25.4 Å². The van der Waals surface area contributed by atoms with Gasteiger partial charge in [0.1, 0.15) is 17.3 Å². The van der Waals surface area contributed by atoms with E-state index in [1.54, 1.807) is 22.8 Å². The number of rotatable bonds is 5. The van der Waals surface area contributed by atoms with E-state index in [0.717, 1.165) is 16.9 Å². The SMILES string of the molecule is Cc1c(N2CCOCC2)c(C)n(Cc2c(F)cccc2F)c1C(=O)Nc1ccc2c(c1)OCO2. The average molecular weight is 469 g/mol. The number of nitrogens with one attached hydrogen (secondary N) is 1. The summed E-state index contributed by atoms with van der Waals surface area (Å²) in [6.45, 7) is 6.24. The molecule has 0 aliphatic carbocycles. The van der Waals surface area contributed by atoms with Gasteiger partial charge in [-0.05, 0) is 38.1 Å². The Morgan fingerprint density at radius 2 is 1.74 bits per heavy atom. The normalized spacial score (nSPS) is 15.0. The van der Waals surface area contributed by atoms with E-state index in [4.69, 9.17) is 14.2 Å². The summed E-state index contributed by atoms with van der Waals surface area (Å²) in [4.78, 5) is 15.7. The molecular formula is C25H25F2N3O4. The quantitative estimate of drug-likeness (QED) is 0.605. The minimum atomic E-state index is -0.652. The summed E-state index contributed by atoms with van der Waals surface area (Å²) >= 11 is 0. The molecule has 0 atom stereocenters. The molecule has 3 aromatic rings. The molecule has 3 heterocycles. The van der Waals surface area contributed by atoms with Crippen LogP contribution in [-0.2, 0) is 11.3 Å². The van der Waals surface area contributed by atoms with Crippen molar-refractivity contribution in [2.45, 2.75) is 20.4 Å². The molecule has 0 bridgehead atoms. The molecule has 0 spiro atoms. The van der Waals surface area contributed by atoms with Crippen LogP contribution >= 0.6 is 0 Å². The van der Waals surface area contributed by atoms with Crippen LogP contribution in [0, 0.1) is 25.5 Å². The monoisotopic (exact) mass is 469 g/mol. The zero-order valence-electron chi connectivity index (χ0n) is 19.0. The third-order valence-corrected chi connectivity index (χ3v) is 6.28. The number of hydrogen-bond acceptors (Lipinski definition) is 5. The van der Waals surface area contributed by atoms with Gasteiger partial charge in [0.15, 0.2) is 11.5 Å². The number of hydrogen-bond donors (Lipinski definition) is 1. The van der Waals surface area contributed by atoms with Crippen molar-refractivity contribution >= 4 is 17.3 Å². The number of halogens is 2. The number of amides is 1. The van der Waals surface area contributed by atoms with Crippen molar-refractivity contribution in [3.63, 3.8) is 0 Å². The number of ether oxygens (including phenoxy) is 3. The van der Waals surface area contributed by atoms with Gasteiger partial charge in [-0.25, -0.2) is 8.78 Å². The Balaban J connectivity index is 1.55. The molecule has 1 fully saturated rings. The van der Waals surface area contributed by atoms with Crippen molar-refractivity contribution in [1.29, 1.82) is 0 Å². The van der Waals surface area contributed by atoms with E-state index in [1.807, 2.05) is 13.8 Å². The van der Waals surface area contributed by atoms with Gasteiger partial charge in [-0.3, -0.25) is 4.79 Å². The fourth-order valence-corrected chi connectivity index (χ4v) is 4.63. The summed E-state index contributed by atoms with van der Waals surface area (Å²) in [7, 11) is 0. The fourth-order valence-electron chi connectivity index (χ4n) is 4.63. The first-order chi connectivity index (χ1) is 16.4. The number of fused-ring (bicyclic) bond motifs is 1. The van der Waals surface area contributed by atoms with Crippen LogP contribution in [0.2, 0.25) is 0 Å². The molecule has 2 aliphatic heterocycles. The molecule has 2 aromatic carbocycles. The second kappa shape index (κ2) is 8.98. The number of nitrogens with zero attached hydrogens (tertiary/aromatic N) is 2. The van der Waals surface area contributed by atoms with Crippen LogP contribution in [0.25, 0.3) is 0 Å². The molecule has 0 unspecified atom stereocenters. The van der Waals surface area contributed by atoms with Crippen molar-refractivity contribution in [2.24, 2.45) is 0 Å². The summed E-state index contributed by atoms with van der Waals surface area (Å²) in [5.74, 6) is -0.529. The third kappa shape index (κ3) is 3.96. The van der Waals surface area contributed by atoms with Gasteiger partial charge >= 0.3 is 0 Å². The predicted octanol–water partition coefficient (Wildman–Crippen LogP) is 4.25. The summed E-state index contributed by atoms with van der Waals surface area (Å²) < 4.78 is 47.0. The number of carbonyl (C=O) groups excluding carboxylic acids is 1. The lowest BCUT2D eigenvalue weighted by molar-refractivity contribution is 0.101. The Hall–Kier alpha value is -3.59. The molecule has 1 N–H and O–H groups in total. The first-order valence-electron chi connectivity index (χ1n) is 11.1. The third-order valence-electron chi connectivity index (χ3n) is 6.28. The maximum absolute atomic E-state index is 14.5. The summed E-state index contributed by atoms with van der Waals surface area (Å²) in [5.41, 5.74) is 3.18. The lowest BCUT2D eigenvalue weighted by Crippen LogP contribution is -2.36. The maximum Gasteiger partial charge on any atom is 0.272 e. The summed E-state index contributed by atoms with van der Waals surface area (Å²) in [6.07, 6.45) is 0. The highest BCUT2D eigenvalue weighted by atomic mass is 19.1. The maximum atomic E-state index is 14.5. The van der Waals surface area contributed by atoms with Crippen LogP contribution in [0.3, 0.4) is 0 Å². The molecule has 2 aliphatic rings. The lowest BCUT2D eigenvalue weighted by Gasteiger charge is -2.29. The van der Waals surface area contributed by atoms with E-state index >= 15 is 0 Å².